The van der Waals surface area contributed by atoms with E-state index in [1.165, 1.54) is 6.20 Å². The normalized spacial score (nSPS) is 11.4. The van der Waals surface area contributed by atoms with E-state index in [-0.39, 0.29) is 19.1 Å². The predicted octanol–water partition coefficient (Wildman–Crippen LogP) is 0.612. The highest BCUT2D eigenvalue weighted by atomic mass is 32.2. The van der Waals surface area contributed by atoms with Crippen LogP contribution in [0.15, 0.2) is 24.5 Å². The van der Waals surface area contributed by atoms with Gasteiger partial charge >= 0.3 is 5.97 Å². The zero-order valence-electron chi connectivity index (χ0n) is 13.2. The standard InChI is InChI=1S/C15H21N3O4S/c1-3-22-13(19)10-17-15(21)12(6-8-23-2)18-14(20)11-5-4-7-16-9-11/h4-5,7,9,12H,3,6,8,10H2,1-2H3,(H,17,21)(H,18,20)/t12-/m1/s1. The fraction of sp³-hybridized carbons (Fsp3) is 0.467. The summed E-state index contributed by atoms with van der Waals surface area (Å²) in [7, 11) is 0. The molecule has 0 saturated heterocycles. The Balaban J connectivity index is 2.62. The van der Waals surface area contributed by atoms with Crippen LogP contribution in [-0.2, 0) is 14.3 Å². The van der Waals surface area contributed by atoms with Gasteiger partial charge in [-0.2, -0.15) is 11.8 Å². The highest BCUT2D eigenvalue weighted by Crippen LogP contribution is 2.03. The van der Waals surface area contributed by atoms with Gasteiger partial charge < -0.3 is 15.4 Å². The predicted molar refractivity (Wildman–Crippen MR) is 88.1 cm³/mol. The third-order valence-electron chi connectivity index (χ3n) is 2.87. The van der Waals surface area contributed by atoms with Crippen molar-refractivity contribution in [3.63, 3.8) is 0 Å². The zero-order chi connectivity index (χ0) is 17.1. The zero-order valence-corrected chi connectivity index (χ0v) is 14.0. The molecule has 1 heterocycles. The maximum Gasteiger partial charge on any atom is 0.325 e. The molecule has 2 amide bonds. The molecule has 0 spiro atoms. The van der Waals surface area contributed by atoms with Crippen molar-refractivity contribution in [3.8, 4) is 0 Å². The van der Waals surface area contributed by atoms with E-state index in [4.69, 9.17) is 4.74 Å². The van der Waals surface area contributed by atoms with Crippen LogP contribution < -0.4 is 10.6 Å². The molecule has 1 rings (SSSR count). The second-order valence-corrected chi connectivity index (χ2v) is 5.56. The number of hydrogen-bond donors (Lipinski definition) is 2. The van der Waals surface area contributed by atoms with Gasteiger partial charge in [0, 0.05) is 12.4 Å². The number of carbonyl (C=O) groups is 3. The molecule has 0 aliphatic carbocycles. The number of nitrogens with zero attached hydrogens (tertiary/aromatic N) is 1. The summed E-state index contributed by atoms with van der Waals surface area (Å²) in [6.45, 7) is 1.72. The monoisotopic (exact) mass is 339 g/mol. The molecule has 8 heteroatoms. The van der Waals surface area contributed by atoms with E-state index in [2.05, 4.69) is 15.6 Å². The van der Waals surface area contributed by atoms with E-state index < -0.39 is 17.9 Å². The van der Waals surface area contributed by atoms with Gasteiger partial charge in [-0.25, -0.2) is 0 Å². The summed E-state index contributed by atoms with van der Waals surface area (Å²) in [5, 5.41) is 5.15. The maximum atomic E-state index is 12.2. The van der Waals surface area contributed by atoms with Gasteiger partial charge in [0.25, 0.3) is 5.91 Å². The lowest BCUT2D eigenvalue weighted by atomic mass is 10.2. The number of nitrogens with one attached hydrogen (secondary N) is 2. The van der Waals surface area contributed by atoms with Crippen LogP contribution in [0, 0.1) is 0 Å². The van der Waals surface area contributed by atoms with E-state index in [1.54, 1.807) is 37.0 Å². The summed E-state index contributed by atoms with van der Waals surface area (Å²) in [6.07, 6.45) is 5.36. The van der Waals surface area contributed by atoms with Crippen LogP contribution in [-0.4, -0.2) is 54.0 Å². The van der Waals surface area contributed by atoms with Gasteiger partial charge in [-0.15, -0.1) is 0 Å². The minimum atomic E-state index is -0.718. The van der Waals surface area contributed by atoms with Gasteiger partial charge in [-0.3, -0.25) is 19.4 Å². The molecule has 2 N–H and O–H groups in total. The van der Waals surface area contributed by atoms with Crippen LogP contribution in [0.5, 0.6) is 0 Å². The average Bonchev–Trinajstić information content (AvgIpc) is 2.57. The lowest BCUT2D eigenvalue weighted by Crippen LogP contribution is -2.48. The quantitative estimate of drug-likeness (QED) is 0.640. The molecule has 1 atom stereocenters. The molecule has 0 fully saturated rings. The van der Waals surface area contributed by atoms with E-state index in [0.29, 0.717) is 17.7 Å². The van der Waals surface area contributed by atoms with Gasteiger partial charge in [0.05, 0.1) is 12.2 Å². The van der Waals surface area contributed by atoms with Crippen LogP contribution in [0.3, 0.4) is 0 Å². The second-order valence-electron chi connectivity index (χ2n) is 4.57. The first-order valence-electron chi connectivity index (χ1n) is 7.21. The number of pyridine rings is 1. The Kier molecular flexibility index (Phi) is 8.74. The SMILES string of the molecule is CCOC(=O)CNC(=O)[C@@H](CCSC)NC(=O)c1cccnc1. The summed E-state index contributed by atoms with van der Waals surface area (Å²) in [6, 6.07) is 2.54. The Morgan fingerprint density at radius 1 is 1.39 bits per heavy atom. The minimum absolute atomic E-state index is 0.217. The van der Waals surface area contributed by atoms with Crippen molar-refractivity contribution in [3.05, 3.63) is 30.1 Å². The summed E-state index contributed by atoms with van der Waals surface area (Å²) >= 11 is 1.57. The summed E-state index contributed by atoms with van der Waals surface area (Å²) in [4.78, 5) is 39.5. The van der Waals surface area contributed by atoms with Crippen molar-refractivity contribution >= 4 is 29.5 Å². The average molecular weight is 339 g/mol. The first kappa shape index (κ1) is 19.0. The maximum absolute atomic E-state index is 12.2. The van der Waals surface area contributed by atoms with E-state index in [1.807, 2.05) is 6.26 Å². The third-order valence-corrected chi connectivity index (χ3v) is 3.51. The van der Waals surface area contributed by atoms with Crippen LogP contribution in [0.4, 0.5) is 0 Å². The van der Waals surface area contributed by atoms with Gasteiger partial charge in [-0.05, 0) is 37.5 Å². The number of aromatic nitrogens is 1. The molecule has 126 valence electrons. The molecule has 0 bridgehead atoms. The van der Waals surface area contributed by atoms with Crippen molar-refractivity contribution in [2.24, 2.45) is 0 Å². The summed E-state index contributed by atoms with van der Waals surface area (Å²) in [5.74, 6) is -0.604. The van der Waals surface area contributed by atoms with Crippen LogP contribution in [0.25, 0.3) is 0 Å². The first-order chi connectivity index (χ1) is 11.1. The van der Waals surface area contributed by atoms with Gasteiger partial charge in [0.15, 0.2) is 0 Å². The van der Waals surface area contributed by atoms with Crippen molar-refractivity contribution in [1.82, 2.24) is 15.6 Å². The molecule has 1 aromatic rings. The van der Waals surface area contributed by atoms with Gasteiger partial charge in [0.2, 0.25) is 5.91 Å². The molecule has 1 aromatic heterocycles. The van der Waals surface area contributed by atoms with Gasteiger partial charge in [-0.1, -0.05) is 0 Å². The summed E-state index contributed by atoms with van der Waals surface area (Å²) in [5.41, 5.74) is 0.375. The van der Waals surface area contributed by atoms with E-state index >= 15 is 0 Å². The number of ether oxygens (including phenoxy) is 1. The molecular formula is C15H21N3O4S. The Morgan fingerprint density at radius 2 is 2.17 bits per heavy atom. The fourth-order valence-electron chi connectivity index (χ4n) is 1.74. The van der Waals surface area contributed by atoms with Crippen LogP contribution >= 0.6 is 11.8 Å². The van der Waals surface area contributed by atoms with E-state index in [9.17, 15) is 14.4 Å². The van der Waals surface area contributed by atoms with Crippen LogP contribution in [0.2, 0.25) is 0 Å². The Bertz CT molecular complexity index is 525. The first-order valence-corrected chi connectivity index (χ1v) is 8.61. The van der Waals surface area contributed by atoms with E-state index in [0.717, 1.165) is 0 Å². The molecular weight excluding hydrogens is 318 g/mol. The Labute approximate surface area is 139 Å². The highest BCUT2D eigenvalue weighted by molar-refractivity contribution is 7.98. The molecule has 0 saturated carbocycles. The lowest BCUT2D eigenvalue weighted by molar-refractivity contribution is -0.143. The minimum Gasteiger partial charge on any atom is -0.465 e. The summed E-state index contributed by atoms with van der Waals surface area (Å²) < 4.78 is 4.75. The molecule has 0 unspecified atom stereocenters. The number of rotatable bonds is 9. The Hall–Kier alpha value is -2.09. The Morgan fingerprint density at radius 3 is 2.78 bits per heavy atom. The molecule has 0 aromatic carbocycles. The number of amides is 2. The molecule has 0 aliphatic rings. The molecule has 7 nitrogen and oxygen atoms in total. The second kappa shape index (κ2) is 10.6. The molecule has 23 heavy (non-hydrogen) atoms. The fourth-order valence-corrected chi connectivity index (χ4v) is 2.21. The molecule has 0 radical (unpaired) electrons. The number of esters is 1. The topological polar surface area (TPSA) is 97.4 Å². The lowest BCUT2D eigenvalue weighted by Gasteiger charge is -2.18. The largest absolute Gasteiger partial charge is 0.465 e. The molecule has 0 aliphatic heterocycles. The van der Waals surface area contributed by atoms with Crippen molar-refractivity contribution in [1.29, 1.82) is 0 Å². The van der Waals surface area contributed by atoms with Crippen molar-refractivity contribution < 1.29 is 19.1 Å². The number of hydrogen-bond acceptors (Lipinski definition) is 6. The number of carbonyl (C=O) groups excluding carboxylic acids is 3. The number of thioether (sulfide) groups is 1. The van der Waals surface area contributed by atoms with Crippen LogP contribution in [0.1, 0.15) is 23.7 Å². The van der Waals surface area contributed by atoms with Crippen molar-refractivity contribution in [2.45, 2.75) is 19.4 Å². The van der Waals surface area contributed by atoms with Gasteiger partial charge in [0.1, 0.15) is 12.6 Å². The third kappa shape index (κ3) is 7.14. The smallest absolute Gasteiger partial charge is 0.325 e. The van der Waals surface area contributed by atoms with Crippen molar-refractivity contribution in [2.75, 3.05) is 25.2 Å². The highest BCUT2D eigenvalue weighted by Gasteiger charge is 2.21.